The Morgan fingerprint density at radius 3 is 2.54 bits per heavy atom. The Balaban J connectivity index is 1.44. The fraction of sp³-hybridized carbons (Fsp3) is 0.393. The highest BCUT2D eigenvalue weighted by atomic mass is 32.1. The third kappa shape index (κ3) is 5.37. The number of likely N-dealkylation sites (tertiary alicyclic amines) is 1. The van der Waals surface area contributed by atoms with Gasteiger partial charge in [0.2, 0.25) is 17.7 Å². The van der Waals surface area contributed by atoms with Gasteiger partial charge in [-0.15, -0.1) is 17.9 Å². The SMILES string of the molecule is C=C[C@@H]1C[C@]1(NC(=O)[C@@H]1C[C@@H](Oc2nc3ccccc3nc2-c2cccs2)CN1C(=O)CC(C)(C)O)C(=O)O. The van der Waals surface area contributed by atoms with Crippen molar-refractivity contribution in [1.82, 2.24) is 20.2 Å². The first-order chi connectivity index (χ1) is 18.5. The number of nitrogens with zero attached hydrogens (tertiary/aromatic N) is 3. The fourth-order valence-electron chi connectivity index (χ4n) is 5.00. The highest BCUT2D eigenvalue weighted by Gasteiger charge is 2.61. The third-order valence-corrected chi connectivity index (χ3v) is 7.94. The van der Waals surface area contributed by atoms with Gasteiger partial charge in [-0.1, -0.05) is 24.3 Å². The maximum Gasteiger partial charge on any atom is 0.330 e. The van der Waals surface area contributed by atoms with Gasteiger partial charge in [0.1, 0.15) is 23.4 Å². The monoisotopic (exact) mass is 550 g/mol. The number of thiophene rings is 1. The van der Waals surface area contributed by atoms with Crippen LogP contribution >= 0.6 is 11.3 Å². The molecule has 1 saturated heterocycles. The van der Waals surface area contributed by atoms with Gasteiger partial charge in [0.05, 0.1) is 34.5 Å². The normalized spacial score (nSPS) is 24.4. The van der Waals surface area contributed by atoms with Crippen LogP contribution in [0.2, 0.25) is 0 Å². The summed E-state index contributed by atoms with van der Waals surface area (Å²) >= 11 is 1.49. The average molecular weight is 551 g/mol. The second-order valence-corrected chi connectivity index (χ2v) is 11.6. The number of amides is 2. The van der Waals surface area contributed by atoms with E-state index in [-0.39, 0.29) is 31.7 Å². The molecule has 3 aromatic rings. The van der Waals surface area contributed by atoms with E-state index in [9.17, 15) is 24.6 Å². The van der Waals surface area contributed by atoms with Crippen LogP contribution in [-0.2, 0) is 14.4 Å². The molecule has 1 aromatic carbocycles. The van der Waals surface area contributed by atoms with E-state index in [1.807, 2.05) is 41.8 Å². The molecule has 0 spiro atoms. The highest BCUT2D eigenvalue weighted by molar-refractivity contribution is 7.13. The van der Waals surface area contributed by atoms with Crippen LogP contribution in [0.5, 0.6) is 5.88 Å². The average Bonchev–Trinajstić information content (AvgIpc) is 3.20. The quantitative estimate of drug-likeness (QED) is 0.345. The lowest BCUT2D eigenvalue weighted by Crippen LogP contribution is -2.53. The molecule has 39 heavy (non-hydrogen) atoms. The fourth-order valence-corrected chi connectivity index (χ4v) is 5.70. The molecule has 1 aliphatic heterocycles. The Kier molecular flexibility index (Phi) is 6.90. The molecule has 2 amide bonds. The Labute approximate surface area is 229 Å². The van der Waals surface area contributed by atoms with E-state index in [0.29, 0.717) is 16.7 Å². The summed E-state index contributed by atoms with van der Waals surface area (Å²) < 4.78 is 6.33. The number of hydrogen-bond acceptors (Lipinski definition) is 8. The summed E-state index contributed by atoms with van der Waals surface area (Å²) in [4.78, 5) is 50.3. The molecule has 11 heteroatoms. The van der Waals surface area contributed by atoms with Crippen molar-refractivity contribution in [3.05, 3.63) is 54.4 Å². The van der Waals surface area contributed by atoms with Crippen molar-refractivity contribution in [3.8, 4) is 16.5 Å². The number of para-hydroxylation sites is 2. The first-order valence-corrected chi connectivity index (χ1v) is 13.6. The molecule has 2 aliphatic rings. The molecule has 1 saturated carbocycles. The predicted octanol–water partition coefficient (Wildman–Crippen LogP) is 3.01. The minimum atomic E-state index is -1.43. The van der Waals surface area contributed by atoms with E-state index in [2.05, 4.69) is 11.9 Å². The van der Waals surface area contributed by atoms with Crippen LogP contribution in [-0.4, -0.2) is 72.7 Å². The van der Waals surface area contributed by atoms with E-state index in [0.717, 1.165) is 4.88 Å². The molecule has 0 unspecified atom stereocenters. The van der Waals surface area contributed by atoms with E-state index >= 15 is 0 Å². The lowest BCUT2D eigenvalue weighted by Gasteiger charge is -2.27. The van der Waals surface area contributed by atoms with E-state index in [4.69, 9.17) is 14.7 Å². The second kappa shape index (κ2) is 10.0. The first kappa shape index (κ1) is 26.8. The van der Waals surface area contributed by atoms with Crippen LogP contribution in [0, 0.1) is 5.92 Å². The van der Waals surface area contributed by atoms with Crippen LogP contribution in [0.15, 0.2) is 54.4 Å². The molecule has 0 bridgehead atoms. The number of fused-ring (bicyclic) bond motifs is 1. The Bertz CT molecular complexity index is 1440. The van der Waals surface area contributed by atoms with Crippen LogP contribution in [0.3, 0.4) is 0 Å². The van der Waals surface area contributed by atoms with Gasteiger partial charge < -0.3 is 25.2 Å². The molecular weight excluding hydrogens is 520 g/mol. The van der Waals surface area contributed by atoms with Crippen molar-refractivity contribution in [2.24, 2.45) is 5.92 Å². The molecule has 3 N–H and O–H groups in total. The van der Waals surface area contributed by atoms with Crippen molar-refractivity contribution < 1.29 is 29.3 Å². The lowest BCUT2D eigenvalue weighted by atomic mass is 10.0. The number of rotatable bonds is 9. The van der Waals surface area contributed by atoms with Gasteiger partial charge in [0.15, 0.2) is 0 Å². The lowest BCUT2D eigenvalue weighted by molar-refractivity contribution is -0.146. The van der Waals surface area contributed by atoms with Gasteiger partial charge in [0.25, 0.3) is 0 Å². The van der Waals surface area contributed by atoms with E-state index in [1.165, 1.54) is 36.2 Å². The first-order valence-electron chi connectivity index (χ1n) is 12.7. The van der Waals surface area contributed by atoms with Gasteiger partial charge in [-0.2, -0.15) is 0 Å². The number of carboxylic acid groups (broad SMARTS) is 1. The zero-order valence-corrected chi connectivity index (χ0v) is 22.5. The molecule has 2 fully saturated rings. The minimum Gasteiger partial charge on any atom is -0.479 e. The Hall–Kier alpha value is -3.83. The van der Waals surface area contributed by atoms with Gasteiger partial charge >= 0.3 is 5.97 Å². The molecule has 10 nitrogen and oxygen atoms in total. The van der Waals surface area contributed by atoms with Gasteiger partial charge in [-0.05, 0) is 43.8 Å². The zero-order valence-electron chi connectivity index (χ0n) is 21.7. The Morgan fingerprint density at radius 2 is 1.95 bits per heavy atom. The molecule has 0 radical (unpaired) electrons. The van der Waals surface area contributed by atoms with Crippen molar-refractivity contribution in [1.29, 1.82) is 0 Å². The number of carboxylic acids is 1. The molecule has 4 atom stereocenters. The predicted molar refractivity (Wildman–Crippen MR) is 145 cm³/mol. The van der Waals surface area contributed by atoms with Crippen LogP contribution in [0.25, 0.3) is 21.6 Å². The van der Waals surface area contributed by atoms with Crippen molar-refractivity contribution in [2.75, 3.05) is 6.54 Å². The Morgan fingerprint density at radius 1 is 1.23 bits per heavy atom. The van der Waals surface area contributed by atoms with Gasteiger partial charge in [-0.25, -0.2) is 14.8 Å². The number of benzene rings is 1. The molecular formula is C28H30N4O6S. The summed E-state index contributed by atoms with van der Waals surface area (Å²) in [7, 11) is 0. The number of nitrogens with one attached hydrogen (secondary N) is 1. The summed E-state index contributed by atoms with van der Waals surface area (Å²) in [5.74, 6) is -2.27. The zero-order chi connectivity index (χ0) is 27.9. The topological polar surface area (TPSA) is 142 Å². The number of aromatic nitrogens is 2. The maximum atomic E-state index is 13.4. The molecule has 1 aliphatic carbocycles. The summed E-state index contributed by atoms with van der Waals surface area (Å²) in [6.45, 7) is 6.75. The van der Waals surface area contributed by atoms with E-state index < -0.39 is 47.0 Å². The third-order valence-electron chi connectivity index (χ3n) is 7.07. The number of carbonyl (C=O) groups is 3. The summed E-state index contributed by atoms with van der Waals surface area (Å²) in [6.07, 6.45) is 1.04. The molecule has 2 aromatic heterocycles. The van der Waals surface area contributed by atoms with Crippen LogP contribution in [0.4, 0.5) is 0 Å². The van der Waals surface area contributed by atoms with Gasteiger partial charge in [0, 0.05) is 12.3 Å². The smallest absolute Gasteiger partial charge is 0.330 e. The number of carbonyl (C=O) groups excluding carboxylic acids is 2. The summed E-state index contributed by atoms with van der Waals surface area (Å²) in [5.41, 5.74) is -0.817. The van der Waals surface area contributed by atoms with Gasteiger partial charge in [-0.3, -0.25) is 9.59 Å². The van der Waals surface area contributed by atoms with Crippen LogP contribution in [0.1, 0.15) is 33.1 Å². The number of hydrogen-bond donors (Lipinski definition) is 3. The van der Waals surface area contributed by atoms with Crippen molar-refractivity contribution >= 4 is 40.2 Å². The maximum absolute atomic E-state index is 13.4. The van der Waals surface area contributed by atoms with Crippen molar-refractivity contribution in [3.63, 3.8) is 0 Å². The number of ether oxygens (including phenoxy) is 1. The molecule has 5 rings (SSSR count). The summed E-state index contributed by atoms with van der Waals surface area (Å²) in [5, 5.41) is 24.6. The van der Waals surface area contributed by atoms with Crippen molar-refractivity contribution in [2.45, 2.75) is 56.4 Å². The second-order valence-electron chi connectivity index (χ2n) is 10.7. The minimum absolute atomic E-state index is 0.0658. The standard InChI is InChI=1S/C28H30N4O6S/c1-4-16-13-28(16,26(35)36)31-24(34)20-12-17(15-32(20)22(33)14-27(2,3)37)38-25-23(21-10-7-11-39-21)29-18-8-5-6-9-19(18)30-25/h4-11,16-17,20,37H,1,12-15H2,2-3H3,(H,31,34)(H,35,36)/t16-,17-,20+,28-/m1/s1. The molecule has 204 valence electrons. The summed E-state index contributed by atoms with van der Waals surface area (Å²) in [6, 6.07) is 10.3. The highest BCUT2D eigenvalue weighted by Crippen LogP contribution is 2.45. The number of aliphatic hydroxyl groups is 1. The molecule has 3 heterocycles. The largest absolute Gasteiger partial charge is 0.479 e. The van der Waals surface area contributed by atoms with Crippen LogP contribution < -0.4 is 10.1 Å². The van der Waals surface area contributed by atoms with E-state index in [1.54, 1.807) is 0 Å². The number of aliphatic carboxylic acids is 1.